The van der Waals surface area contributed by atoms with Crippen LogP contribution in [0.1, 0.15) is 26.3 Å². The molecule has 2 rings (SSSR count). The average Bonchev–Trinajstić information content (AvgIpc) is 2.51. The van der Waals surface area contributed by atoms with Gasteiger partial charge in [0.2, 0.25) is 10.0 Å². The summed E-state index contributed by atoms with van der Waals surface area (Å²) in [4.78, 5) is 11.9. The molecule has 140 valence electrons. The first-order valence-electron chi connectivity index (χ1n) is 8.16. The van der Waals surface area contributed by atoms with Crippen LogP contribution in [0.25, 0.3) is 11.1 Å². The van der Waals surface area contributed by atoms with E-state index in [2.05, 4.69) is 10.0 Å². The van der Waals surface area contributed by atoms with Crippen LogP contribution in [0.3, 0.4) is 0 Å². The van der Waals surface area contributed by atoms with Gasteiger partial charge in [0.05, 0.1) is 6.26 Å². The summed E-state index contributed by atoms with van der Waals surface area (Å²) in [6, 6.07) is 15.0. The van der Waals surface area contributed by atoms with E-state index in [-0.39, 0.29) is 6.54 Å². The summed E-state index contributed by atoms with van der Waals surface area (Å²) in [5.41, 5.74) is 2.83. The molecule has 0 aliphatic heterocycles. The molecule has 0 fully saturated rings. The number of anilines is 1. The normalized spacial score (nSPS) is 11.8. The molecule has 0 saturated heterocycles. The number of benzene rings is 2. The van der Waals surface area contributed by atoms with Crippen LogP contribution in [-0.4, -0.2) is 26.4 Å². The zero-order valence-corrected chi connectivity index (χ0v) is 16.2. The summed E-state index contributed by atoms with van der Waals surface area (Å²) in [7, 11) is -3.22. The van der Waals surface area contributed by atoms with Gasteiger partial charge >= 0.3 is 6.09 Å². The second-order valence-corrected chi connectivity index (χ2v) is 8.83. The first-order chi connectivity index (χ1) is 12.0. The van der Waals surface area contributed by atoms with Crippen molar-refractivity contribution in [2.45, 2.75) is 32.9 Å². The Morgan fingerprint density at radius 1 is 1.04 bits per heavy atom. The topological polar surface area (TPSA) is 84.5 Å². The lowest BCUT2D eigenvalue weighted by Crippen LogP contribution is -2.27. The van der Waals surface area contributed by atoms with Gasteiger partial charge in [0.25, 0.3) is 0 Å². The number of hydrogen-bond donors (Lipinski definition) is 2. The minimum absolute atomic E-state index is 0.249. The number of nitrogens with one attached hydrogen (secondary N) is 2. The van der Waals surface area contributed by atoms with Gasteiger partial charge < -0.3 is 4.74 Å². The van der Waals surface area contributed by atoms with Gasteiger partial charge in [0.15, 0.2) is 0 Å². The Hall–Kier alpha value is -2.38. The van der Waals surface area contributed by atoms with Crippen molar-refractivity contribution >= 4 is 21.8 Å². The second-order valence-electron chi connectivity index (χ2n) is 7.00. The lowest BCUT2D eigenvalue weighted by Gasteiger charge is -2.19. The Kier molecular flexibility index (Phi) is 6.05. The average molecular weight is 376 g/mol. The standard InChI is InChI=1S/C19H24N2O4S/c1-19(2,3)25-18(22)21-17-7-5-6-16(12-17)15-10-8-14(9-11-15)13-20-26(4,23)24/h5-12,20H,13H2,1-4H3,(H,21,22). The molecule has 7 heteroatoms. The molecule has 0 heterocycles. The molecule has 0 saturated carbocycles. The maximum atomic E-state index is 11.9. The summed E-state index contributed by atoms with van der Waals surface area (Å²) < 4.78 is 30.0. The number of carbonyl (C=O) groups excluding carboxylic acids is 1. The van der Waals surface area contributed by atoms with Crippen molar-refractivity contribution < 1.29 is 17.9 Å². The van der Waals surface area contributed by atoms with Crippen molar-refractivity contribution in [1.29, 1.82) is 0 Å². The van der Waals surface area contributed by atoms with Gasteiger partial charge in [-0.05, 0) is 49.6 Å². The van der Waals surface area contributed by atoms with Gasteiger partial charge in [-0.3, -0.25) is 5.32 Å². The van der Waals surface area contributed by atoms with Gasteiger partial charge in [0.1, 0.15) is 5.60 Å². The minimum Gasteiger partial charge on any atom is -0.444 e. The van der Waals surface area contributed by atoms with Crippen molar-refractivity contribution in [3.05, 3.63) is 54.1 Å². The van der Waals surface area contributed by atoms with Gasteiger partial charge in [0, 0.05) is 12.2 Å². The number of ether oxygens (including phenoxy) is 1. The van der Waals surface area contributed by atoms with Crippen molar-refractivity contribution in [2.24, 2.45) is 0 Å². The Morgan fingerprint density at radius 2 is 1.69 bits per heavy atom. The Labute approximate surface area is 154 Å². The predicted molar refractivity (Wildman–Crippen MR) is 103 cm³/mol. The maximum Gasteiger partial charge on any atom is 0.412 e. The van der Waals surface area contributed by atoms with Gasteiger partial charge in [-0.15, -0.1) is 0 Å². The first-order valence-corrected chi connectivity index (χ1v) is 10.0. The van der Waals surface area contributed by atoms with Crippen molar-refractivity contribution in [3.63, 3.8) is 0 Å². The highest BCUT2D eigenvalue weighted by atomic mass is 32.2. The number of amides is 1. The van der Waals surface area contributed by atoms with Crippen LogP contribution in [-0.2, 0) is 21.3 Å². The van der Waals surface area contributed by atoms with Crippen LogP contribution < -0.4 is 10.0 Å². The van der Waals surface area contributed by atoms with E-state index in [9.17, 15) is 13.2 Å². The zero-order valence-electron chi connectivity index (χ0n) is 15.4. The van der Waals surface area contributed by atoms with Crippen molar-refractivity contribution in [1.82, 2.24) is 4.72 Å². The Balaban J connectivity index is 2.08. The largest absolute Gasteiger partial charge is 0.444 e. The third-order valence-corrected chi connectivity index (χ3v) is 4.00. The van der Waals surface area contributed by atoms with Crippen LogP contribution in [0.5, 0.6) is 0 Å². The van der Waals surface area contributed by atoms with Crippen molar-refractivity contribution in [3.8, 4) is 11.1 Å². The minimum atomic E-state index is -3.22. The molecule has 1 amide bonds. The second kappa shape index (κ2) is 7.88. The highest BCUT2D eigenvalue weighted by molar-refractivity contribution is 7.88. The maximum absolute atomic E-state index is 11.9. The van der Waals surface area contributed by atoms with E-state index in [0.29, 0.717) is 5.69 Å². The Bertz CT molecular complexity index is 869. The van der Waals surface area contributed by atoms with Crippen LogP contribution in [0, 0.1) is 0 Å². The van der Waals surface area contributed by atoms with Gasteiger partial charge in [-0.25, -0.2) is 17.9 Å². The van der Waals surface area contributed by atoms with E-state index in [1.54, 1.807) is 6.07 Å². The lowest BCUT2D eigenvalue weighted by atomic mass is 10.0. The van der Waals surface area contributed by atoms with Gasteiger partial charge in [-0.1, -0.05) is 36.4 Å². The fourth-order valence-corrected chi connectivity index (χ4v) is 2.66. The van der Waals surface area contributed by atoms with Crippen LogP contribution in [0.15, 0.2) is 48.5 Å². The molecule has 0 spiro atoms. The molecular formula is C19H24N2O4S. The molecule has 0 aromatic heterocycles. The van der Waals surface area contributed by atoms with E-state index in [1.165, 1.54) is 0 Å². The van der Waals surface area contributed by atoms with Crippen LogP contribution in [0.2, 0.25) is 0 Å². The highest BCUT2D eigenvalue weighted by Crippen LogP contribution is 2.23. The van der Waals surface area contributed by atoms with Crippen LogP contribution in [0.4, 0.5) is 10.5 Å². The van der Waals surface area contributed by atoms with Crippen molar-refractivity contribution in [2.75, 3.05) is 11.6 Å². The lowest BCUT2D eigenvalue weighted by molar-refractivity contribution is 0.0636. The van der Waals surface area contributed by atoms with E-state index in [0.717, 1.165) is 22.9 Å². The summed E-state index contributed by atoms with van der Waals surface area (Å²) in [6.45, 7) is 5.68. The van der Waals surface area contributed by atoms with Crippen LogP contribution >= 0.6 is 0 Å². The third-order valence-electron chi connectivity index (χ3n) is 3.33. The van der Waals surface area contributed by atoms with E-state index in [4.69, 9.17) is 4.74 Å². The van der Waals surface area contributed by atoms with E-state index < -0.39 is 21.7 Å². The fourth-order valence-electron chi connectivity index (χ4n) is 2.23. The summed E-state index contributed by atoms with van der Waals surface area (Å²) in [5, 5.41) is 2.72. The highest BCUT2D eigenvalue weighted by Gasteiger charge is 2.16. The first kappa shape index (κ1) is 19.9. The number of hydrogen-bond acceptors (Lipinski definition) is 4. The molecule has 0 atom stereocenters. The molecule has 2 N–H and O–H groups in total. The number of sulfonamides is 1. The Morgan fingerprint density at radius 3 is 2.27 bits per heavy atom. The molecule has 0 bridgehead atoms. The molecule has 2 aromatic rings. The van der Waals surface area contributed by atoms with E-state index in [1.807, 2.05) is 63.2 Å². The fraction of sp³-hybridized carbons (Fsp3) is 0.316. The summed E-state index contributed by atoms with van der Waals surface area (Å²) in [5.74, 6) is 0. The molecule has 0 aliphatic rings. The number of carbonyl (C=O) groups is 1. The SMILES string of the molecule is CC(C)(C)OC(=O)Nc1cccc(-c2ccc(CNS(C)(=O)=O)cc2)c1. The predicted octanol–water partition coefficient (Wildman–Crippen LogP) is 3.75. The molecule has 26 heavy (non-hydrogen) atoms. The molecule has 2 aromatic carbocycles. The van der Waals surface area contributed by atoms with Gasteiger partial charge in [-0.2, -0.15) is 0 Å². The zero-order chi connectivity index (χ0) is 19.4. The summed E-state index contributed by atoms with van der Waals surface area (Å²) in [6.07, 6.45) is 0.627. The summed E-state index contributed by atoms with van der Waals surface area (Å²) >= 11 is 0. The monoisotopic (exact) mass is 376 g/mol. The van der Waals surface area contributed by atoms with E-state index >= 15 is 0 Å². The quantitative estimate of drug-likeness (QED) is 0.832. The molecular weight excluding hydrogens is 352 g/mol. The molecule has 0 unspecified atom stereocenters. The molecule has 0 radical (unpaired) electrons. The smallest absolute Gasteiger partial charge is 0.412 e. The molecule has 0 aliphatic carbocycles. The third kappa shape index (κ3) is 6.85. The molecule has 6 nitrogen and oxygen atoms in total. The number of rotatable bonds is 5.